The Morgan fingerprint density at radius 1 is 0.927 bits per heavy atom. The monoisotopic (exact) mass is 567 g/mol. The van der Waals surface area contributed by atoms with Gasteiger partial charge in [-0.15, -0.1) is 5.10 Å². The first-order chi connectivity index (χ1) is 19.9. The number of hydrogen-bond acceptors (Lipinski definition) is 6. The minimum absolute atomic E-state index is 0.113. The third kappa shape index (κ3) is 5.62. The van der Waals surface area contributed by atoms with Crippen LogP contribution in [0.1, 0.15) is 39.7 Å². The number of tetrazole rings is 1. The van der Waals surface area contributed by atoms with E-state index in [1.54, 1.807) is 0 Å². The first-order valence-electron chi connectivity index (χ1n) is 14.1. The number of aromatic nitrogens is 5. The highest BCUT2D eigenvalue weighted by Crippen LogP contribution is 2.31. The predicted octanol–water partition coefficient (Wildman–Crippen LogP) is 5.25. The smallest absolute Gasteiger partial charge is 0.253 e. The van der Waals surface area contributed by atoms with Gasteiger partial charge in [0.1, 0.15) is 6.04 Å². The highest BCUT2D eigenvalue weighted by molar-refractivity contribution is 6.30. The minimum Gasteiger partial charge on any atom is -0.369 e. The summed E-state index contributed by atoms with van der Waals surface area (Å²) in [5.74, 6) is 0.683. The SMILES string of the molecule is Cc1cc(C)c2cc(C(c3nnnn3CCc3ccccc3)N3CCN(c4cc(Cl)ccc4C)CC3)c(=O)[nH]c2c1. The molecule has 1 unspecified atom stereocenters. The maximum Gasteiger partial charge on any atom is 0.253 e. The topological polar surface area (TPSA) is 82.9 Å². The Kier molecular flexibility index (Phi) is 7.60. The third-order valence-corrected chi connectivity index (χ3v) is 8.32. The molecule has 0 spiro atoms. The molecule has 8 nitrogen and oxygen atoms in total. The summed E-state index contributed by atoms with van der Waals surface area (Å²) in [4.78, 5) is 21.6. The van der Waals surface area contributed by atoms with Crippen LogP contribution in [-0.4, -0.2) is 56.3 Å². The lowest BCUT2D eigenvalue weighted by molar-refractivity contribution is 0.199. The third-order valence-electron chi connectivity index (χ3n) is 8.09. The van der Waals surface area contributed by atoms with Crippen LogP contribution in [0.5, 0.6) is 0 Å². The van der Waals surface area contributed by atoms with E-state index in [2.05, 4.69) is 68.4 Å². The van der Waals surface area contributed by atoms with Crippen molar-refractivity contribution < 1.29 is 0 Å². The summed E-state index contributed by atoms with van der Waals surface area (Å²) in [5.41, 5.74) is 7.20. The van der Waals surface area contributed by atoms with Crippen molar-refractivity contribution >= 4 is 28.2 Å². The van der Waals surface area contributed by atoms with Gasteiger partial charge in [0.05, 0.1) is 0 Å². The van der Waals surface area contributed by atoms with Crippen LogP contribution < -0.4 is 10.5 Å². The van der Waals surface area contributed by atoms with Crippen LogP contribution in [-0.2, 0) is 13.0 Å². The fraction of sp³-hybridized carbons (Fsp3) is 0.312. The Morgan fingerprint density at radius 3 is 2.49 bits per heavy atom. The number of aromatic amines is 1. The molecule has 3 heterocycles. The van der Waals surface area contributed by atoms with Gasteiger partial charge in [-0.3, -0.25) is 9.69 Å². The number of H-pyrrole nitrogens is 1. The van der Waals surface area contributed by atoms with E-state index in [0.717, 1.165) is 65.3 Å². The summed E-state index contributed by atoms with van der Waals surface area (Å²) in [6.45, 7) is 9.94. The van der Waals surface area contributed by atoms with Gasteiger partial charge in [-0.25, -0.2) is 4.68 Å². The van der Waals surface area contributed by atoms with Gasteiger partial charge in [0.25, 0.3) is 5.56 Å². The molecule has 0 bridgehead atoms. The molecule has 0 amide bonds. The summed E-state index contributed by atoms with van der Waals surface area (Å²) in [5, 5.41) is 14.7. The van der Waals surface area contributed by atoms with Gasteiger partial charge < -0.3 is 9.88 Å². The molecular formula is C32H34ClN7O. The number of nitrogens with zero attached hydrogens (tertiary/aromatic N) is 6. The van der Waals surface area contributed by atoms with Crippen LogP contribution in [0.25, 0.3) is 10.9 Å². The maximum absolute atomic E-state index is 13.7. The van der Waals surface area contributed by atoms with Crippen LogP contribution in [0.4, 0.5) is 5.69 Å². The molecule has 3 aromatic carbocycles. The average Bonchev–Trinajstić information content (AvgIpc) is 3.43. The number of fused-ring (bicyclic) bond motifs is 1. The number of piperazine rings is 1. The summed E-state index contributed by atoms with van der Waals surface area (Å²) >= 11 is 6.34. The van der Waals surface area contributed by atoms with Gasteiger partial charge in [-0.2, -0.15) is 0 Å². The number of nitrogens with one attached hydrogen (secondary N) is 1. The van der Waals surface area contributed by atoms with Crippen LogP contribution in [0.3, 0.4) is 0 Å². The lowest BCUT2D eigenvalue weighted by atomic mass is 9.99. The second-order valence-electron chi connectivity index (χ2n) is 10.9. The summed E-state index contributed by atoms with van der Waals surface area (Å²) in [6.07, 6.45) is 0.792. The first kappa shape index (κ1) is 27.2. The molecule has 0 saturated carbocycles. The zero-order valence-electron chi connectivity index (χ0n) is 23.6. The molecule has 1 fully saturated rings. The molecule has 1 N–H and O–H groups in total. The molecule has 41 heavy (non-hydrogen) atoms. The average molecular weight is 568 g/mol. The van der Waals surface area contributed by atoms with E-state index in [4.69, 9.17) is 11.6 Å². The van der Waals surface area contributed by atoms with Crippen LogP contribution in [0.2, 0.25) is 5.02 Å². The number of pyridine rings is 1. The maximum atomic E-state index is 13.7. The van der Waals surface area contributed by atoms with Crippen LogP contribution in [0.15, 0.2) is 71.5 Å². The summed E-state index contributed by atoms with van der Waals surface area (Å²) in [6, 6.07) is 22.2. The zero-order valence-corrected chi connectivity index (χ0v) is 24.4. The Balaban J connectivity index is 1.37. The molecule has 1 aliphatic rings. The van der Waals surface area contributed by atoms with E-state index in [1.807, 2.05) is 54.1 Å². The minimum atomic E-state index is -0.391. The van der Waals surface area contributed by atoms with Crippen molar-refractivity contribution in [3.05, 3.63) is 116 Å². The van der Waals surface area contributed by atoms with Gasteiger partial charge in [0.15, 0.2) is 5.82 Å². The number of benzene rings is 3. The van der Waals surface area contributed by atoms with E-state index in [1.165, 1.54) is 11.1 Å². The summed E-state index contributed by atoms with van der Waals surface area (Å²) < 4.78 is 1.86. The molecule has 9 heteroatoms. The first-order valence-corrected chi connectivity index (χ1v) is 14.4. The fourth-order valence-corrected chi connectivity index (χ4v) is 6.15. The number of rotatable bonds is 7. The highest BCUT2D eigenvalue weighted by atomic mass is 35.5. The van der Waals surface area contributed by atoms with Crippen molar-refractivity contribution in [2.75, 3.05) is 31.1 Å². The van der Waals surface area contributed by atoms with Crippen molar-refractivity contribution in [1.29, 1.82) is 0 Å². The van der Waals surface area contributed by atoms with Crippen LogP contribution in [0, 0.1) is 20.8 Å². The zero-order chi connectivity index (χ0) is 28.5. The fourth-order valence-electron chi connectivity index (χ4n) is 5.98. The molecular weight excluding hydrogens is 534 g/mol. The highest BCUT2D eigenvalue weighted by Gasteiger charge is 2.33. The van der Waals surface area contributed by atoms with Gasteiger partial charge in [0.2, 0.25) is 0 Å². The van der Waals surface area contributed by atoms with Gasteiger partial charge in [-0.1, -0.05) is 54.1 Å². The molecule has 5 aromatic rings. The molecule has 2 aromatic heterocycles. The van der Waals surface area contributed by atoms with Crippen molar-refractivity contribution in [1.82, 2.24) is 30.1 Å². The standard InChI is InChI=1S/C32H34ClN7O/c1-21-17-23(3)26-20-27(32(41)34-28(26)18-21)30(31-35-36-37-40(31)12-11-24-7-5-4-6-8-24)39-15-13-38(14-16-39)29-19-25(33)10-9-22(29)2/h4-10,17-20,30H,11-16H2,1-3H3,(H,34,41). The molecule has 1 atom stereocenters. The number of halogens is 1. The Morgan fingerprint density at radius 2 is 1.71 bits per heavy atom. The van der Waals surface area contributed by atoms with Crippen LogP contribution >= 0.6 is 11.6 Å². The van der Waals surface area contributed by atoms with E-state index in [0.29, 0.717) is 17.9 Å². The van der Waals surface area contributed by atoms with Gasteiger partial charge in [0, 0.05) is 59.9 Å². The van der Waals surface area contributed by atoms with Gasteiger partial charge >= 0.3 is 0 Å². The van der Waals surface area contributed by atoms with Crippen molar-refractivity contribution in [3.8, 4) is 0 Å². The van der Waals surface area contributed by atoms with E-state index in [9.17, 15) is 4.79 Å². The molecule has 1 saturated heterocycles. The molecule has 0 aliphatic carbocycles. The van der Waals surface area contributed by atoms with E-state index >= 15 is 0 Å². The quantitative estimate of drug-likeness (QED) is 0.289. The lowest BCUT2D eigenvalue weighted by Crippen LogP contribution is -2.49. The van der Waals surface area contributed by atoms with Crippen molar-refractivity contribution in [3.63, 3.8) is 0 Å². The number of anilines is 1. The second-order valence-corrected chi connectivity index (χ2v) is 11.4. The van der Waals surface area contributed by atoms with Crippen molar-refractivity contribution in [2.45, 2.75) is 39.8 Å². The normalized spacial score (nSPS) is 15.0. The van der Waals surface area contributed by atoms with E-state index in [-0.39, 0.29) is 5.56 Å². The Bertz CT molecular complexity index is 1740. The lowest BCUT2D eigenvalue weighted by Gasteiger charge is -2.40. The second kappa shape index (κ2) is 11.5. The molecule has 1 aliphatic heterocycles. The Labute approximate surface area is 244 Å². The number of hydrogen-bond donors (Lipinski definition) is 1. The largest absolute Gasteiger partial charge is 0.369 e. The molecule has 6 rings (SSSR count). The van der Waals surface area contributed by atoms with E-state index < -0.39 is 6.04 Å². The van der Waals surface area contributed by atoms with Crippen molar-refractivity contribution in [2.24, 2.45) is 0 Å². The molecule has 0 radical (unpaired) electrons. The van der Waals surface area contributed by atoms with Gasteiger partial charge in [-0.05, 0) is 84.1 Å². The predicted molar refractivity (Wildman–Crippen MR) is 164 cm³/mol. The number of aryl methyl sites for hydroxylation is 5. The summed E-state index contributed by atoms with van der Waals surface area (Å²) in [7, 11) is 0. The molecule has 210 valence electrons. The Hall–Kier alpha value is -4.01.